The molecule has 2 aromatic carbocycles. The van der Waals surface area contributed by atoms with E-state index in [2.05, 4.69) is 10.9 Å². The van der Waals surface area contributed by atoms with Gasteiger partial charge in [0.2, 0.25) is 0 Å². The van der Waals surface area contributed by atoms with Gasteiger partial charge in [0.25, 0.3) is 11.8 Å². The van der Waals surface area contributed by atoms with Crippen LogP contribution in [0.4, 0.5) is 0 Å². The lowest BCUT2D eigenvalue weighted by molar-refractivity contribution is -0.126. The van der Waals surface area contributed by atoms with Gasteiger partial charge >= 0.3 is 0 Å². The Balaban J connectivity index is 1.98. The molecule has 24 heavy (non-hydrogen) atoms. The van der Waals surface area contributed by atoms with Crippen molar-refractivity contribution in [1.82, 2.24) is 15.8 Å². The predicted octanol–water partition coefficient (Wildman–Crippen LogP) is 1.33. The first-order valence-electron chi connectivity index (χ1n) is 7.57. The summed E-state index contributed by atoms with van der Waals surface area (Å²) < 4.78 is 0. The zero-order chi connectivity index (χ0) is 17.5. The molecule has 0 radical (unpaired) electrons. The van der Waals surface area contributed by atoms with E-state index in [4.69, 9.17) is 0 Å². The van der Waals surface area contributed by atoms with Crippen LogP contribution < -0.4 is 10.9 Å². The van der Waals surface area contributed by atoms with E-state index >= 15 is 0 Å². The van der Waals surface area contributed by atoms with Crippen LogP contribution in [-0.4, -0.2) is 42.0 Å². The molecule has 126 valence electrons. The summed E-state index contributed by atoms with van der Waals surface area (Å²) in [6, 6.07) is 15.4. The second-order valence-electron chi connectivity index (χ2n) is 5.63. The Labute approximate surface area is 141 Å². The second kappa shape index (κ2) is 8.12. The third-order valence-corrected chi connectivity index (χ3v) is 3.65. The number of rotatable bonds is 5. The molecule has 6 heteroatoms. The summed E-state index contributed by atoms with van der Waals surface area (Å²) in [4.78, 5) is 26.2. The van der Waals surface area contributed by atoms with Crippen molar-refractivity contribution in [3.63, 3.8) is 0 Å². The average molecular weight is 327 g/mol. The van der Waals surface area contributed by atoms with Gasteiger partial charge in [0.1, 0.15) is 5.75 Å². The summed E-state index contributed by atoms with van der Waals surface area (Å²) in [5, 5.41) is 9.66. The Morgan fingerprint density at radius 2 is 1.62 bits per heavy atom. The van der Waals surface area contributed by atoms with Gasteiger partial charge in [0.05, 0.1) is 11.6 Å². The molecule has 0 aliphatic heterocycles. The van der Waals surface area contributed by atoms with Crippen molar-refractivity contribution in [1.29, 1.82) is 0 Å². The third-order valence-electron chi connectivity index (χ3n) is 3.65. The minimum Gasteiger partial charge on any atom is -0.507 e. The molecule has 0 aromatic heterocycles. The van der Waals surface area contributed by atoms with Crippen molar-refractivity contribution in [2.75, 3.05) is 14.1 Å². The Hall–Kier alpha value is -2.86. The number of nitrogens with zero attached hydrogens (tertiary/aromatic N) is 1. The normalized spacial score (nSPS) is 11.8. The van der Waals surface area contributed by atoms with E-state index in [1.165, 1.54) is 12.1 Å². The fraction of sp³-hybridized carbons (Fsp3) is 0.222. The number of para-hydroxylation sites is 1. The minimum atomic E-state index is -0.571. The quantitative estimate of drug-likeness (QED) is 0.724. The molecular weight excluding hydrogens is 306 g/mol. The van der Waals surface area contributed by atoms with Gasteiger partial charge < -0.3 is 5.11 Å². The molecule has 2 aromatic rings. The zero-order valence-corrected chi connectivity index (χ0v) is 13.7. The molecule has 0 spiro atoms. The second-order valence-corrected chi connectivity index (χ2v) is 5.63. The topological polar surface area (TPSA) is 81.7 Å². The van der Waals surface area contributed by atoms with Crippen molar-refractivity contribution in [3.8, 4) is 5.75 Å². The van der Waals surface area contributed by atoms with Gasteiger partial charge in [-0.05, 0) is 38.2 Å². The van der Waals surface area contributed by atoms with Crippen molar-refractivity contribution in [2.24, 2.45) is 0 Å². The van der Waals surface area contributed by atoms with E-state index < -0.39 is 11.9 Å². The highest BCUT2D eigenvalue weighted by atomic mass is 16.3. The first-order valence-corrected chi connectivity index (χ1v) is 7.57. The Kier molecular flexibility index (Phi) is 5.92. The average Bonchev–Trinajstić information content (AvgIpc) is 2.58. The summed E-state index contributed by atoms with van der Waals surface area (Å²) in [5.41, 5.74) is 5.88. The van der Waals surface area contributed by atoms with Crippen molar-refractivity contribution < 1.29 is 14.7 Å². The summed E-state index contributed by atoms with van der Waals surface area (Å²) in [7, 11) is 3.61. The van der Waals surface area contributed by atoms with Crippen LogP contribution in [0.3, 0.4) is 0 Å². The number of carbonyl (C=O) groups excluding carboxylic acids is 2. The van der Waals surface area contributed by atoms with E-state index in [9.17, 15) is 14.7 Å². The molecule has 0 heterocycles. The van der Waals surface area contributed by atoms with Crippen LogP contribution in [0.2, 0.25) is 0 Å². The molecule has 0 bridgehead atoms. The molecule has 0 saturated heterocycles. The Morgan fingerprint density at radius 3 is 2.25 bits per heavy atom. The molecule has 2 rings (SSSR count). The van der Waals surface area contributed by atoms with Gasteiger partial charge in [-0.3, -0.25) is 25.3 Å². The van der Waals surface area contributed by atoms with Gasteiger partial charge in [-0.15, -0.1) is 0 Å². The van der Waals surface area contributed by atoms with Gasteiger partial charge in [-0.25, -0.2) is 0 Å². The lowest BCUT2D eigenvalue weighted by Gasteiger charge is -2.23. The fourth-order valence-corrected chi connectivity index (χ4v) is 2.28. The third kappa shape index (κ3) is 4.57. The molecule has 1 atom stereocenters. The number of carbonyl (C=O) groups is 2. The van der Waals surface area contributed by atoms with Crippen LogP contribution in [-0.2, 0) is 11.2 Å². The Morgan fingerprint density at radius 1 is 1.00 bits per heavy atom. The number of hydrogen-bond acceptors (Lipinski definition) is 4. The lowest BCUT2D eigenvalue weighted by Crippen LogP contribution is -2.51. The number of phenols is 1. The zero-order valence-electron chi connectivity index (χ0n) is 13.7. The Bertz CT molecular complexity index is 702. The molecule has 6 nitrogen and oxygen atoms in total. The molecular formula is C18H21N3O3. The van der Waals surface area contributed by atoms with Crippen molar-refractivity contribution in [3.05, 3.63) is 65.7 Å². The number of nitrogens with one attached hydrogen (secondary N) is 2. The number of aromatic hydroxyl groups is 1. The highest BCUT2D eigenvalue weighted by molar-refractivity contribution is 5.98. The van der Waals surface area contributed by atoms with Crippen LogP contribution in [0.25, 0.3) is 0 Å². The SMILES string of the molecule is CN(C)C(Cc1ccccc1)C(=O)NNC(=O)c1ccccc1O. The first kappa shape index (κ1) is 17.5. The highest BCUT2D eigenvalue weighted by Crippen LogP contribution is 2.14. The van der Waals surface area contributed by atoms with Gasteiger partial charge in [-0.2, -0.15) is 0 Å². The highest BCUT2D eigenvalue weighted by Gasteiger charge is 2.22. The number of hydrazine groups is 1. The van der Waals surface area contributed by atoms with E-state index in [-0.39, 0.29) is 17.2 Å². The molecule has 1 unspecified atom stereocenters. The minimum absolute atomic E-state index is 0.0993. The van der Waals surface area contributed by atoms with E-state index in [1.807, 2.05) is 30.3 Å². The molecule has 2 amide bonds. The summed E-state index contributed by atoms with van der Waals surface area (Å²) in [6.45, 7) is 0. The maximum Gasteiger partial charge on any atom is 0.273 e. The number of hydrogen-bond donors (Lipinski definition) is 3. The van der Waals surface area contributed by atoms with Crippen LogP contribution >= 0.6 is 0 Å². The fourth-order valence-electron chi connectivity index (χ4n) is 2.28. The molecule has 0 saturated carbocycles. The maximum absolute atomic E-state index is 12.4. The van der Waals surface area contributed by atoms with Crippen LogP contribution in [0, 0.1) is 0 Å². The molecule has 3 N–H and O–H groups in total. The summed E-state index contributed by atoms with van der Waals surface area (Å²) >= 11 is 0. The van der Waals surface area contributed by atoms with E-state index in [1.54, 1.807) is 31.1 Å². The lowest BCUT2D eigenvalue weighted by atomic mass is 10.0. The van der Waals surface area contributed by atoms with E-state index in [0.29, 0.717) is 6.42 Å². The standard InChI is InChI=1S/C18H21N3O3/c1-21(2)15(12-13-8-4-3-5-9-13)18(24)20-19-17(23)14-10-6-7-11-16(14)22/h3-11,15,22H,12H2,1-2H3,(H,19,23)(H,20,24). The predicted molar refractivity (Wildman–Crippen MR) is 91.3 cm³/mol. The maximum atomic E-state index is 12.4. The molecule has 0 aliphatic carbocycles. The number of benzene rings is 2. The monoisotopic (exact) mass is 327 g/mol. The van der Waals surface area contributed by atoms with Gasteiger partial charge in [-0.1, -0.05) is 42.5 Å². The first-order chi connectivity index (χ1) is 11.5. The largest absolute Gasteiger partial charge is 0.507 e. The van der Waals surface area contributed by atoms with Crippen LogP contribution in [0.1, 0.15) is 15.9 Å². The molecule has 0 aliphatic rings. The summed E-state index contributed by atoms with van der Waals surface area (Å²) in [6.07, 6.45) is 0.520. The van der Waals surface area contributed by atoms with Crippen LogP contribution in [0.5, 0.6) is 5.75 Å². The van der Waals surface area contributed by atoms with Gasteiger partial charge in [0.15, 0.2) is 0 Å². The van der Waals surface area contributed by atoms with Crippen LogP contribution in [0.15, 0.2) is 54.6 Å². The van der Waals surface area contributed by atoms with Crippen molar-refractivity contribution >= 4 is 11.8 Å². The van der Waals surface area contributed by atoms with Crippen molar-refractivity contribution in [2.45, 2.75) is 12.5 Å². The van der Waals surface area contributed by atoms with Gasteiger partial charge in [0, 0.05) is 0 Å². The number of phenolic OH excluding ortho intramolecular Hbond substituents is 1. The summed E-state index contributed by atoms with van der Waals surface area (Å²) in [5.74, 6) is -1.04. The number of likely N-dealkylation sites (N-methyl/N-ethyl adjacent to an activating group) is 1. The number of amides is 2. The molecule has 0 fully saturated rings. The van der Waals surface area contributed by atoms with E-state index in [0.717, 1.165) is 5.56 Å². The smallest absolute Gasteiger partial charge is 0.273 e.